The van der Waals surface area contributed by atoms with Gasteiger partial charge in [-0.2, -0.15) is 5.26 Å². The van der Waals surface area contributed by atoms with Gasteiger partial charge in [0.25, 0.3) is 5.70 Å². The molecule has 0 radical (unpaired) electrons. The molecule has 4 aromatic heterocycles. The summed E-state index contributed by atoms with van der Waals surface area (Å²) < 4.78 is 31.5. The Labute approximate surface area is 477 Å². The summed E-state index contributed by atoms with van der Waals surface area (Å²) in [5, 5.41) is 14.7. The molecule has 0 fully saturated rings. The maximum absolute atomic E-state index is 12.3. The summed E-state index contributed by atoms with van der Waals surface area (Å²) in [5.74, 6) is 2.10. The number of oxazole rings is 2. The first-order valence-electron chi connectivity index (χ1n) is 27.8. The quantitative estimate of drug-likeness (QED) is 0.0700. The summed E-state index contributed by atoms with van der Waals surface area (Å²) in [6.07, 6.45) is 0. The predicted molar refractivity (Wildman–Crippen MR) is 332 cm³/mol. The Morgan fingerprint density at radius 1 is 0.524 bits per heavy atom. The van der Waals surface area contributed by atoms with Crippen LogP contribution >= 0.6 is 0 Å². The van der Waals surface area contributed by atoms with E-state index < -0.39 is 13.7 Å². The third-order valence-electron chi connectivity index (χ3n) is 14.7. The van der Waals surface area contributed by atoms with Crippen molar-refractivity contribution in [2.24, 2.45) is 11.8 Å². The fourth-order valence-corrected chi connectivity index (χ4v) is 11.2. The Kier molecular flexibility index (Phi) is 14.5. The van der Waals surface area contributed by atoms with Crippen molar-refractivity contribution in [2.75, 3.05) is 13.2 Å². The van der Waals surface area contributed by atoms with Gasteiger partial charge in [0, 0.05) is 33.3 Å². The monoisotopic (exact) mass is 1070 g/mol. The first-order chi connectivity index (χ1) is 40.1. The molecule has 0 spiro atoms. The number of benzene rings is 8. The average Bonchev–Trinajstić information content (AvgIpc) is 2.67. The van der Waals surface area contributed by atoms with E-state index >= 15 is 0 Å². The van der Waals surface area contributed by atoms with Gasteiger partial charge >= 0.3 is 13.7 Å². The average molecular weight is 1070 g/mol. The number of nitriles is 1. The molecule has 0 aliphatic rings. The number of nitrogens with zero attached hydrogens (tertiary/aromatic N) is 6. The summed E-state index contributed by atoms with van der Waals surface area (Å²) in [6, 6.07) is 72.2. The number of aromatic nitrogens is 4. The number of rotatable bonds is 16. The zero-order valence-electron chi connectivity index (χ0n) is 46.7. The van der Waals surface area contributed by atoms with Crippen LogP contribution in [0.3, 0.4) is 0 Å². The number of hydrogen-bond acceptors (Lipinski definition) is 7. The second-order valence-corrected chi connectivity index (χ2v) is 21.7. The van der Waals surface area contributed by atoms with Gasteiger partial charge in [-0.1, -0.05) is 207 Å². The van der Waals surface area contributed by atoms with E-state index in [-0.39, 0.29) is 34.9 Å². The fourth-order valence-electron chi connectivity index (χ4n) is 11.2. The van der Waals surface area contributed by atoms with Crippen LogP contribution in [-0.2, 0) is 0 Å². The van der Waals surface area contributed by atoms with Gasteiger partial charge in [-0.05, 0) is 85.3 Å². The molecule has 0 aliphatic carbocycles. The molecule has 82 heavy (non-hydrogen) atoms. The molecule has 12 rings (SSSR count). The maximum Gasteiger partial charge on any atom is 0.328 e. The van der Waals surface area contributed by atoms with E-state index in [0.29, 0.717) is 79.8 Å². The van der Waals surface area contributed by atoms with Gasteiger partial charge in [-0.3, -0.25) is 0 Å². The predicted octanol–water partition coefficient (Wildman–Crippen LogP) is 11.9. The standard InChI is InChI=1S/C70H58B2N6O4/c1-45(2)43-79-55-32-20-22-49(40-55)65-62-63(68(64(74-7)70-76-59-39-48(6)35-37-61(59)82-70)78(65)72(53-28-16-10-17-29-53)54-30-18-11-19-31-54)66(50-23-21-33-56(41-50)80-44-46(3)4)77(71(51-24-12-8-13-25-51)52-26-14-9-15-27-52)67(62)57(42-73)69-75-58-38-47(5)34-36-60(58)81-69/h8-41,45-46H,43-44H2,1-6H3/b67-57-,68-64+. The largest absolute Gasteiger partial charge is 0.493 e. The number of hydrogen-bond donors (Lipinski definition) is 0. The molecular weight excluding hydrogens is 1010 g/mol. The Hall–Kier alpha value is -10.0. The zero-order valence-corrected chi connectivity index (χ0v) is 46.7. The normalized spacial score (nSPS) is 12.2. The fraction of sp³-hybridized carbons (Fsp3) is 0.143. The lowest BCUT2D eigenvalue weighted by atomic mass is 9.50. The molecule has 12 heteroatoms. The van der Waals surface area contributed by atoms with E-state index in [4.69, 9.17) is 28.3 Å². The molecule has 0 bridgehead atoms. The minimum atomic E-state index is -0.604. The van der Waals surface area contributed by atoms with Crippen LogP contribution in [-0.4, -0.2) is 45.8 Å². The van der Waals surface area contributed by atoms with Gasteiger partial charge in [-0.25, -0.2) is 14.8 Å². The summed E-state index contributed by atoms with van der Waals surface area (Å²) in [6.45, 7) is 21.9. The molecule has 0 saturated heterocycles. The summed E-state index contributed by atoms with van der Waals surface area (Å²) in [7, 11) is 0. The van der Waals surface area contributed by atoms with Crippen molar-refractivity contribution in [3.8, 4) is 40.1 Å². The molecule has 4 heterocycles. The van der Waals surface area contributed by atoms with Crippen molar-refractivity contribution in [3.05, 3.63) is 251 Å². The Balaban J connectivity index is 1.44. The van der Waals surface area contributed by atoms with E-state index in [9.17, 15) is 11.8 Å². The van der Waals surface area contributed by atoms with Gasteiger partial charge in [0.15, 0.2) is 11.2 Å². The molecule has 0 aliphatic heterocycles. The van der Waals surface area contributed by atoms with Crippen molar-refractivity contribution in [1.82, 2.24) is 18.9 Å². The highest BCUT2D eigenvalue weighted by atomic mass is 16.5. The third-order valence-corrected chi connectivity index (χ3v) is 14.7. The van der Waals surface area contributed by atoms with Gasteiger partial charge in [-0.15, -0.1) is 0 Å². The second-order valence-electron chi connectivity index (χ2n) is 21.7. The summed E-state index contributed by atoms with van der Waals surface area (Å²) >= 11 is 0. The van der Waals surface area contributed by atoms with Crippen LogP contribution in [0, 0.1) is 43.6 Å². The molecule has 0 amide bonds. The highest BCUT2D eigenvalue weighted by Crippen LogP contribution is 2.39. The minimum absolute atomic E-state index is 0.143. The van der Waals surface area contributed by atoms with Gasteiger partial charge in [0.05, 0.1) is 30.5 Å². The summed E-state index contributed by atoms with van der Waals surface area (Å²) in [4.78, 5) is 15.0. The van der Waals surface area contributed by atoms with Crippen LogP contribution in [0.25, 0.3) is 71.6 Å². The van der Waals surface area contributed by atoms with Crippen LogP contribution in [0.4, 0.5) is 0 Å². The van der Waals surface area contributed by atoms with Crippen molar-refractivity contribution in [2.45, 2.75) is 41.5 Å². The van der Waals surface area contributed by atoms with E-state index in [1.54, 1.807) is 0 Å². The molecule has 12 aromatic rings. The smallest absolute Gasteiger partial charge is 0.328 e. The van der Waals surface area contributed by atoms with Crippen LogP contribution in [0.2, 0.25) is 0 Å². The van der Waals surface area contributed by atoms with E-state index in [1.165, 1.54) is 0 Å². The highest BCUT2D eigenvalue weighted by Gasteiger charge is 2.38. The Bertz CT molecular complexity index is 4160. The Morgan fingerprint density at radius 3 is 1.34 bits per heavy atom. The molecule has 10 nitrogen and oxygen atoms in total. The molecule has 8 aromatic carbocycles. The van der Waals surface area contributed by atoms with Crippen molar-refractivity contribution in [3.63, 3.8) is 0 Å². The van der Waals surface area contributed by atoms with E-state index in [0.717, 1.165) is 44.1 Å². The zero-order chi connectivity index (χ0) is 56.4. The molecule has 0 saturated carbocycles. The van der Waals surface area contributed by atoms with Gasteiger partial charge < -0.3 is 27.3 Å². The van der Waals surface area contributed by atoms with Crippen LogP contribution in [0.1, 0.15) is 50.6 Å². The van der Waals surface area contributed by atoms with E-state index in [2.05, 4.69) is 120 Å². The van der Waals surface area contributed by atoms with Gasteiger partial charge in [0.1, 0.15) is 34.2 Å². The molecule has 398 valence electrons. The lowest BCUT2D eigenvalue weighted by Gasteiger charge is -2.24. The second kappa shape index (κ2) is 22.6. The van der Waals surface area contributed by atoms with Crippen molar-refractivity contribution >= 4 is 79.8 Å². The lowest BCUT2D eigenvalue weighted by Crippen LogP contribution is -2.54. The van der Waals surface area contributed by atoms with Crippen LogP contribution in [0.15, 0.2) is 215 Å². The van der Waals surface area contributed by atoms with Crippen molar-refractivity contribution in [1.29, 1.82) is 5.26 Å². The SMILES string of the molecule is [C-]#[N+]/C(c1nc2cc(C)ccc2o1)=c1\c2c(-c3cccc(OCC(C)C)c3)n(B(c3ccccc3)c3ccccc3)/c(=C(/C#N)c3nc4cc(C)ccc4o3)c2c(-c2cccc(OCC(C)C)c2)n1B(c1ccccc1)c1ccccc1. The van der Waals surface area contributed by atoms with Gasteiger partial charge in [0.2, 0.25) is 11.8 Å². The first-order valence-corrected chi connectivity index (χ1v) is 27.8. The number of fused-ring (bicyclic) bond motifs is 3. The summed E-state index contributed by atoms with van der Waals surface area (Å²) in [5.41, 5.74) is 11.4. The molecule has 0 N–H and O–H groups in total. The third kappa shape index (κ3) is 10.1. The lowest BCUT2D eigenvalue weighted by molar-refractivity contribution is 0.271. The van der Waals surface area contributed by atoms with Crippen LogP contribution < -0.4 is 42.0 Å². The topological polar surface area (TPSA) is 109 Å². The minimum Gasteiger partial charge on any atom is -0.493 e. The van der Waals surface area contributed by atoms with E-state index in [1.807, 2.05) is 147 Å². The molecule has 0 unspecified atom stereocenters. The van der Waals surface area contributed by atoms with Crippen molar-refractivity contribution < 1.29 is 18.3 Å². The van der Waals surface area contributed by atoms with Crippen LogP contribution in [0.5, 0.6) is 11.5 Å². The first kappa shape index (κ1) is 52.7. The molecular formula is C70H58B2N6O4. The molecule has 0 atom stereocenters. The highest BCUT2D eigenvalue weighted by molar-refractivity contribution is 6.85. The maximum atomic E-state index is 12.3. The number of aryl methyl sites for hydroxylation is 2. The Morgan fingerprint density at radius 2 is 0.927 bits per heavy atom. The number of ether oxygens (including phenoxy) is 2.